The lowest BCUT2D eigenvalue weighted by Gasteiger charge is -2.08. The van der Waals surface area contributed by atoms with Crippen molar-refractivity contribution in [2.24, 2.45) is 0 Å². The van der Waals surface area contributed by atoms with E-state index in [-0.39, 0.29) is 11.3 Å². The summed E-state index contributed by atoms with van der Waals surface area (Å²) in [5.41, 5.74) is 1.49. The molecule has 0 unspecified atom stereocenters. The summed E-state index contributed by atoms with van der Waals surface area (Å²) in [5, 5.41) is 0.350. The van der Waals surface area contributed by atoms with Gasteiger partial charge in [-0.3, -0.25) is 0 Å². The number of benzene rings is 2. The molecule has 0 spiro atoms. The van der Waals surface area contributed by atoms with Gasteiger partial charge in [-0.25, -0.2) is 9.59 Å². The van der Waals surface area contributed by atoms with Crippen molar-refractivity contribution in [3.05, 3.63) is 64.2 Å². The maximum atomic E-state index is 12.2. The van der Waals surface area contributed by atoms with Gasteiger partial charge in [-0.1, -0.05) is 30.7 Å². The van der Waals surface area contributed by atoms with Crippen molar-refractivity contribution in [1.82, 2.24) is 0 Å². The molecule has 0 heterocycles. The fourth-order valence-corrected chi connectivity index (χ4v) is 2.05. The standard InChI is InChI=1S/C18H17ClO4/c1-3-9-22-17(20)13-5-4-6-14(11-13)18(21)23-16-10-12(2)7-8-15(16)19/h4-8,10-11H,3,9H2,1-2H3. The van der Waals surface area contributed by atoms with E-state index in [9.17, 15) is 9.59 Å². The van der Waals surface area contributed by atoms with E-state index in [1.165, 1.54) is 6.07 Å². The lowest BCUT2D eigenvalue weighted by molar-refractivity contribution is 0.0505. The first-order chi connectivity index (χ1) is 11.0. The molecule has 4 nitrogen and oxygen atoms in total. The van der Waals surface area contributed by atoms with Gasteiger partial charge in [0.1, 0.15) is 5.75 Å². The number of aryl methyl sites for hydroxylation is 1. The topological polar surface area (TPSA) is 52.6 Å². The highest BCUT2D eigenvalue weighted by Crippen LogP contribution is 2.26. The molecule has 5 heteroatoms. The summed E-state index contributed by atoms with van der Waals surface area (Å²) in [6.45, 7) is 4.12. The molecule has 0 aliphatic carbocycles. The number of rotatable bonds is 5. The van der Waals surface area contributed by atoms with Crippen LogP contribution < -0.4 is 4.74 Å². The van der Waals surface area contributed by atoms with Crippen LogP contribution in [-0.4, -0.2) is 18.5 Å². The summed E-state index contributed by atoms with van der Waals surface area (Å²) in [6, 6.07) is 11.4. The van der Waals surface area contributed by atoms with E-state index in [0.29, 0.717) is 17.2 Å². The number of hydrogen-bond donors (Lipinski definition) is 0. The van der Waals surface area contributed by atoms with Crippen LogP contribution in [0.25, 0.3) is 0 Å². The smallest absolute Gasteiger partial charge is 0.343 e. The molecule has 0 saturated carbocycles. The van der Waals surface area contributed by atoms with Gasteiger partial charge in [0.15, 0.2) is 0 Å². The molecule has 0 bridgehead atoms. The molecule has 0 aromatic heterocycles. The molecule has 0 amide bonds. The molecule has 0 N–H and O–H groups in total. The van der Waals surface area contributed by atoms with Crippen molar-refractivity contribution in [3.8, 4) is 5.75 Å². The van der Waals surface area contributed by atoms with Crippen molar-refractivity contribution in [2.75, 3.05) is 6.61 Å². The molecular weight excluding hydrogens is 316 g/mol. The maximum Gasteiger partial charge on any atom is 0.343 e. The van der Waals surface area contributed by atoms with Crippen molar-refractivity contribution >= 4 is 23.5 Å². The Labute approximate surface area is 140 Å². The van der Waals surface area contributed by atoms with Gasteiger partial charge in [-0.2, -0.15) is 0 Å². The Morgan fingerprint density at radius 1 is 1.04 bits per heavy atom. The zero-order valence-electron chi connectivity index (χ0n) is 13.0. The van der Waals surface area contributed by atoms with Gasteiger partial charge in [0, 0.05) is 0 Å². The van der Waals surface area contributed by atoms with E-state index in [2.05, 4.69) is 0 Å². The van der Waals surface area contributed by atoms with E-state index in [1.54, 1.807) is 30.3 Å². The first-order valence-corrected chi connectivity index (χ1v) is 7.64. The van der Waals surface area contributed by atoms with Crippen LogP contribution in [0.4, 0.5) is 0 Å². The van der Waals surface area contributed by atoms with Gasteiger partial charge in [0.25, 0.3) is 0 Å². The largest absolute Gasteiger partial charge is 0.462 e. The molecule has 0 fully saturated rings. The normalized spacial score (nSPS) is 10.2. The van der Waals surface area contributed by atoms with E-state index < -0.39 is 11.9 Å². The highest BCUT2D eigenvalue weighted by atomic mass is 35.5. The number of carbonyl (C=O) groups excluding carboxylic acids is 2. The second-order valence-corrected chi connectivity index (χ2v) is 5.45. The van der Waals surface area contributed by atoms with Gasteiger partial charge in [0.2, 0.25) is 0 Å². The van der Waals surface area contributed by atoms with Crippen LogP contribution in [0.2, 0.25) is 5.02 Å². The Balaban J connectivity index is 2.16. The second-order valence-electron chi connectivity index (χ2n) is 5.04. The molecule has 23 heavy (non-hydrogen) atoms. The predicted molar refractivity (Wildman–Crippen MR) is 88.2 cm³/mol. The highest BCUT2D eigenvalue weighted by Gasteiger charge is 2.14. The summed E-state index contributed by atoms with van der Waals surface area (Å²) in [6.07, 6.45) is 0.735. The molecule has 0 aliphatic rings. The quantitative estimate of drug-likeness (QED) is 0.600. The van der Waals surface area contributed by atoms with Crippen LogP contribution in [0.3, 0.4) is 0 Å². The minimum Gasteiger partial charge on any atom is -0.462 e. The SMILES string of the molecule is CCCOC(=O)c1cccc(C(=O)Oc2cc(C)ccc2Cl)c1. The molecule has 0 aliphatic heterocycles. The lowest BCUT2D eigenvalue weighted by Crippen LogP contribution is -2.11. The van der Waals surface area contributed by atoms with Gasteiger partial charge >= 0.3 is 11.9 Å². The summed E-state index contributed by atoms with van der Waals surface area (Å²) in [4.78, 5) is 24.1. The number of hydrogen-bond acceptors (Lipinski definition) is 4. The molecule has 0 saturated heterocycles. The van der Waals surface area contributed by atoms with Gasteiger partial charge in [-0.05, 0) is 49.2 Å². The Morgan fingerprint density at radius 2 is 1.74 bits per heavy atom. The zero-order valence-corrected chi connectivity index (χ0v) is 13.7. The minimum atomic E-state index is -0.581. The Hall–Kier alpha value is -2.33. The van der Waals surface area contributed by atoms with E-state index >= 15 is 0 Å². The third-order valence-corrected chi connectivity index (χ3v) is 3.37. The fraction of sp³-hybridized carbons (Fsp3) is 0.222. The Kier molecular flexibility index (Phi) is 5.77. The average molecular weight is 333 g/mol. The van der Waals surface area contributed by atoms with Gasteiger partial charge in [0.05, 0.1) is 22.8 Å². The molecule has 2 aromatic rings. The molecular formula is C18H17ClO4. The third-order valence-electron chi connectivity index (χ3n) is 3.06. The van der Waals surface area contributed by atoms with Crippen molar-refractivity contribution in [2.45, 2.75) is 20.3 Å². The highest BCUT2D eigenvalue weighted by molar-refractivity contribution is 6.32. The Bertz CT molecular complexity index is 725. The Morgan fingerprint density at radius 3 is 2.43 bits per heavy atom. The second kappa shape index (κ2) is 7.79. The van der Waals surface area contributed by atoms with Gasteiger partial charge in [-0.15, -0.1) is 0 Å². The summed E-state index contributed by atoms with van der Waals surface area (Å²) < 4.78 is 10.4. The summed E-state index contributed by atoms with van der Waals surface area (Å²) >= 11 is 6.02. The van der Waals surface area contributed by atoms with Crippen LogP contribution in [0.1, 0.15) is 39.6 Å². The average Bonchev–Trinajstić information content (AvgIpc) is 2.56. The first-order valence-electron chi connectivity index (χ1n) is 7.26. The number of carbonyl (C=O) groups is 2. The van der Waals surface area contributed by atoms with Gasteiger partial charge < -0.3 is 9.47 Å². The van der Waals surface area contributed by atoms with Crippen molar-refractivity contribution in [3.63, 3.8) is 0 Å². The minimum absolute atomic E-state index is 0.258. The molecule has 120 valence electrons. The lowest BCUT2D eigenvalue weighted by atomic mass is 10.1. The zero-order chi connectivity index (χ0) is 16.8. The van der Waals surface area contributed by atoms with Crippen LogP contribution in [0, 0.1) is 6.92 Å². The van der Waals surface area contributed by atoms with E-state index in [4.69, 9.17) is 21.1 Å². The van der Waals surface area contributed by atoms with Crippen LogP contribution in [0.5, 0.6) is 5.75 Å². The van der Waals surface area contributed by atoms with Crippen molar-refractivity contribution in [1.29, 1.82) is 0 Å². The maximum absolute atomic E-state index is 12.2. The monoisotopic (exact) mass is 332 g/mol. The molecule has 2 rings (SSSR count). The summed E-state index contributed by atoms with van der Waals surface area (Å²) in [5.74, 6) is -0.756. The first kappa shape index (κ1) is 17.0. The van der Waals surface area contributed by atoms with E-state index in [0.717, 1.165) is 12.0 Å². The van der Waals surface area contributed by atoms with E-state index in [1.807, 2.05) is 19.9 Å². The number of esters is 2. The summed E-state index contributed by atoms with van der Waals surface area (Å²) in [7, 11) is 0. The number of halogens is 1. The van der Waals surface area contributed by atoms with Crippen LogP contribution >= 0.6 is 11.6 Å². The van der Waals surface area contributed by atoms with Crippen molar-refractivity contribution < 1.29 is 19.1 Å². The molecule has 2 aromatic carbocycles. The predicted octanol–water partition coefficient (Wildman–Crippen LogP) is 4.43. The molecule has 0 radical (unpaired) electrons. The third kappa shape index (κ3) is 4.57. The molecule has 0 atom stereocenters. The van der Waals surface area contributed by atoms with Crippen LogP contribution in [0.15, 0.2) is 42.5 Å². The number of ether oxygens (including phenoxy) is 2. The fourth-order valence-electron chi connectivity index (χ4n) is 1.90. The van der Waals surface area contributed by atoms with Crippen LogP contribution in [-0.2, 0) is 4.74 Å².